The fraction of sp³-hybridized carbons (Fsp3) is 0.578. The zero-order valence-corrected chi connectivity index (χ0v) is 37.1. The van der Waals surface area contributed by atoms with Gasteiger partial charge in [0.2, 0.25) is 35.4 Å². The van der Waals surface area contributed by atoms with Crippen LogP contribution in [0.1, 0.15) is 121 Å². The first-order chi connectivity index (χ1) is 30.0. The highest BCUT2D eigenvalue weighted by molar-refractivity contribution is 5.96. The first-order valence-corrected chi connectivity index (χ1v) is 22.0. The number of phenols is 2. The molecule has 0 radical (unpaired) electrons. The Balaban J connectivity index is 1.60. The zero-order chi connectivity index (χ0) is 46.6. The molecule has 348 valence electrons. The molecule has 7 amide bonds. The summed E-state index contributed by atoms with van der Waals surface area (Å²) >= 11 is 0. The lowest BCUT2D eigenvalue weighted by Crippen LogP contribution is -2.59. The lowest BCUT2D eigenvalue weighted by Gasteiger charge is -2.30. The molecule has 63 heavy (non-hydrogen) atoms. The number of amides is 7. The summed E-state index contributed by atoms with van der Waals surface area (Å²) in [7, 11) is 2.65. The van der Waals surface area contributed by atoms with Crippen molar-refractivity contribution in [2.45, 2.75) is 140 Å². The summed E-state index contributed by atoms with van der Waals surface area (Å²) in [6.07, 6.45) is 13.4. The van der Waals surface area contributed by atoms with Crippen molar-refractivity contribution in [1.82, 2.24) is 31.1 Å². The molecule has 2 aromatic rings. The number of carbonyl (C=O) groups excluding carboxylic acids is 7. The number of nitrogens with one attached hydrogen (secondary N) is 4. The predicted molar refractivity (Wildman–Crippen MR) is 236 cm³/mol. The van der Waals surface area contributed by atoms with E-state index < -0.39 is 78.9 Å². The number of phenolic OH excluding ortho intramolecular Hbond substituents is 2. The van der Waals surface area contributed by atoms with E-state index in [9.17, 15) is 48.9 Å². The third-order valence-electron chi connectivity index (χ3n) is 11.4. The number of hydrogen-bond donors (Lipinski definition) is 9. The Morgan fingerprint density at radius 1 is 0.778 bits per heavy atom. The smallest absolute Gasteiger partial charge is 0.257 e. The average Bonchev–Trinajstić information content (AvgIpc) is 3.24. The summed E-state index contributed by atoms with van der Waals surface area (Å²) in [5.41, 5.74) is 12.3. The monoisotopic (exact) mass is 881 g/mol. The van der Waals surface area contributed by atoms with Gasteiger partial charge in [-0.3, -0.25) is 33.6 Å². The van der Waals surface area contributed by atoms with Gasteiger partial charge in [-0.15, -0.1) is 0 Å². The number of benzene rings is 2. The third kappa shape index (κ3) is 15.8. The Bertz CT molecular complexity index is 1890. The van der Waals surface area contributed by atoms with E-state index >= 15 is 0 Å². The predicted octanol–water partition coefficient (Wildman–Crippen LogP) is 2.11. The molecule has 1 aliphatic heterocycles. The van der Waals surface area contributed by atoms with E-state index in [1.807, 2.05) is 0 Å². The van der Waals surface area contributed by atoms with E-state index in [0.29, 0.717) is 12.0 Å². The maximum Gasteiger partial charge on any atom is 0.257 e. The number of aromatic hydroxyl groups is 2. The number of hydrogen-bond acceptors (Lipinski definition) is 11. The molecule has 5 atom stereocenters. The van der Waals surface area contributed by atoms with E-state index in [2.05, 4.69) is 28.2 Å². The molecule has 1 aliphatic rings. The van der Waals surface area contributed by atoms with Crippen molar-refractivity contribution in [1.29, 1.82) is 0 Å². The van der Waals surface area contributed by atoms with Gasteiger partial charge in [-0.1, -0.05) is 96.1 Å². The SMILES string of the molecule is CCCCCCCCCCCCCCCC(=O)N(C)[C@H](CO)C(=O)N[C@H](N)C(=O)NCC(=O)N(C)[C@@H]1C(=O)N[C@@H](C)C(=O)N[C@H](C(N)=O)Cc2ccc(O)c(c2)-c2cc1ccc2O. The largest absolute Gasteiger partial charge is 0.507 e. The normalized spacial score (nSPS) is 17.3. The molecule has 0 aromatic heterocycles. The summed E-state index contributed by atoms with van der Waals surface area (Å²) in [6.45, 7) is 2.13. The second-order valence-corrected chi connectivity index (χ2v) is 16.3. The van der Waals surface area contributed by atoms with Crippen molar-refractivity contribution in [2.24, 2.45) is 11.5 Å². The molecule has 0 aliphatic carbocycles. The van der Waals surface area contributed by atoms with Crippen LogP contribution in [-0.2, 0) is 40.0 Å². The quantitative estimate of drug-likeness (QED) is 0.0576. The number of carbonyl (C=O) groups is 7. The Morgan fingerprint density at radius 2 is 1.33 bits per heavy atom. The standard InChI is InChI=1S/C45H68N8O10/c1-5-6-7-8-9-10-11-12-13-14-15-16-17-18-37(57)52(3)34(27-54)43(61)51-40(46)45(63)48-26-38(58)53(4)39-30-20-22-36(56)32(25-30)31-23-29(19-21-35(31)55)24-33(41(47)59)50-42(60)28(2)49-44(39)62/h19-23,25,28,33-34,39-40,54-56H,5-18,24,26-27,46H2,1-4H3,(H2,47,59)(H,48,63)(H,49,62)(H,50,60)(H,51,61)/t28-,33-,34+,39-,40-/m0/s1. The van der Waals surface area contributed by atoms with Crippen LogP contribution in [0.5, 0.6) is 11.5 Å². The second-order valence-electron chi connectivity index (χ2n) is 16.3. The second kappa shape index (κ2) is 26.0. The van der Waals surface area contributed by atoms with E-state index in [1.165, 1.54) is 109 Å². The molecule has 11 N–H and O–H groups in total. The summed E-state index contributed by atoms with van der Waals surface area (Å²) in [5, 5.41) is 41.2. The number of rotatable bonds is 23. The molecule has 0 saturated carbocycles. The van der Waals surface area contributed by atoms with Crippen molar-refractivity contribution in [3.05, 3.63) is 47.5 Å². The Hall–Kier alpha value is -5.75. The molecule has 0 unspecified atom stereocenters. The van der Waals surface area contributed by atoms with Gasteiger partial charge < -0.3 is 57.9 Å². The summed E-state index contributed by atoms with van der Waals surface area (Å²) < 4.78 is 0. The molecular formula is C45H68N8O10. The van der Waals surface area contributed by atoms with Gasteiger partial charge in [-0.05, 0) is 48.7 Å². The molecular weight excluding hydrogens is 813 g/mol. The molecule has 2 aromatic carbocycles. The molecule has 4 bridgehead atoms. The number of aliphatic hydroxyl groups excluding tert-OH is 1. The van der Waals surface area contributed by atoms with Crippen molar-refractivity contribution in [2.75, 3.05) is 27.2 Å². The molecule has 1 heterocycles. The number of aliphatic hydroxyl groups is 1. The van der Waals surface area contributed by atoms with Gasteiger partial charge in [0.15, 0.2) is 6.17 Å². The van der Waals surface area contributed by atoms with Gasteiger partial charge in [0, 0.05) is 38.1 Å². The molecule has 18 heteroatoms. The summed E-state index contributed by atoms with van der Waals surface area (Å²) in [5.74, 6) is -6.04. The number of primary amides is 1. The summed E-state index contributed by atoms with van der Waals surface area (Å²) in [4.78, 5) is 93.9. The van der Waals surface area contributed by atoms with Gasteiger partial charge >= 0.3 is 0 Å². The van der Waals surface area contributed by atoms with Crippen LogP contribution >= 0.6 is 0 Å². The average molecular weight is 881 g/mol. The first kappa shape index (κ1) is 51.6. The maximum atomic E-state index is 13.9. The summed E-state index contributed by atoms with van der Waals surface area (Å²) in [6, 6.07) is 3.14. The minimum absolute atomic E-state index is 0.0628. The number of unbranched alkanes of at least 4 members (excludes halogenated alkanes) is 12. The molecule has 3 rings (SSSR count). The fourth-order valence-electron chi connectivity index (χ4n) is 7.41. The van der Waals surface area contributed by atoms with E-state index in [-0.39, 0.29) is 46.9 Å². The highest BCUT2D eigenvalue weighted by Crippen LogP contribution is 2.38. The van der Waals surface area contributed by atoms with Crippen LogP contribution in [-0.4, -0.2) is 118 Å². The lowest BCUT2D eigenvalue weighted by atomic mass is 9.94. The van der Waals surface area contributed by atoms with Gasteiger partial charge in [-0.25, -0.2) is 0 Å². The maximum absolute atomic E-state index is 13.9. The molecule has 18 nitrogen and oxygen atoms in total. The van der Waals surface area contributed by atoms with Crippen LogP contribution in [0.15, 0.2) is 36.4 Å². The number of likely N-dealkylation sites (N-methyl/N-ethyl adjacent to an activating group) is 2. The van der Waals surface area contributed by atoms with Crippen LogP contribution in [0.3, 0.4) is 0 Å². The van der Waals surface area contributed by atoms with Crippen LogP contribution in [0.2, 0.25) is 0 Å². The number of nitrogens with two attached hydrogens (primary N) is 2. The fourth-order valence-corrected chi connectivity index (χ4v) is 7.41. The minimum atomic E-state index is -1.70. The molecule has 0 spiro atoms. The lowest BCUT2D eigenvalue weighted by molar-refractivity contribution is -0.142. The van der Waals surface area contributed by atoms with Crippen molar-refractivity contribution in [3.8, 4) is 22.6 Å². The van der Waals surface area contributed by atoms with Crippen LogP contribution in [0.4, 0.5) is 0 Å². The Kier molecular flexibility index (Phi) is 21.3. The highest BCUT2D eigenvalue weighted by Gasteiger charge is 2.34. The van der Waals surface area contributed by atoms with E-state index in [1.54, 1.807) is 0 Å². The van der Waals surface area contributed by atoms with Crippen LogP contribution < -0.4 is 32.7 Å². The zero-order valence-electron chi connectivity index (χ0n) is 37.1. The van der Waals surface area contributed by atoms with Gasteiger partial charge in [-0.2, -0.15) is 0 Å². The minimum Gasteiger partial charge on any atom is -0.507 e. The Morgan fingerprint density at radius 3 is 1.90 bits per heavy atom. The first-order valence-electron chi connectivity index (χ1n) is 22.0. The van der Waals surface area contributed by atoms with Crippen molar-refractivity contribution in [3.63, 3.8) is 0 Å². The van der Waals surface area contributed by atoms with Gasteiger partial charge in [0.05, 0.1) is 13.2 Å². The topological polar surface area (TPSA) is 287 Å². The van der Waals surface area contributed by atoms with Crippen LogP contribution in [0, 0.1) is 0 Å². The number of nitrogens with zero attached hydrogens (tertiary/aromatic N) is 2. The molecule has 0 saturated heterocycles. The number of fused-ring (bicyclic) bond motifs is 5. The van der Waals surface area contributed by atoms with Gasteiger partial charge in [0.1, 0.15) is 35.7 Å². The molecule has 0 fully saturated rings. The van der Waals surface area contributed by atoms with Crippen molar-refractivity contribution < 1.29 is 48.9 Å². The van der Waals surface area contributed by atoms with Crippen molar-refractivity contribution >= 4 is 41.4 Å². The van der Waals surface area contributed by atoms with Crippen LogP contribution in [0.25, 0.3) is 11.1 Å². The van der Waals surface area contributed by atoms with E-state index in [4.69, 9.17) is 11.5 Å². The van der Waals surface area contributed by atoms with E-state index in [0.717, 1.165) is 35.5 Å². The van der Waals surface area contributed by atoms with Gasteiger partial charge in [0.25, 0.3) is 5.91 Å². The Labute approximate surface area is 369 Å². The highest BCUT2D eigenvalue weighted by atomic mass is 16.3. The third-order valence-corrected chi connectivity index (χ3v) is 11.4.